The second-order valence-electron chi connectivity index (χ2n) is 7.16. The lowest BCUT2D eigenvalue weighted by atomic mass is 9.94. The average molecular weight is 412 g/mol. The minimum Gasteiger partial charge on any atom is -0.465 e. The van der Waals surface area contributed by atoms with Crippen molar-refractivity contribution in [1.29, 1.82) is 0 Å². The number of ether oxygens (including phenoxy) is 1. The molecular weight excluding hydrogens is 378 g/mol. The Morgan fingerprint density at radius 2 is 1.84 bits per heavy atom. The summed E-state index contributed by atoms with van der Waals surface area (Å²) in [5, 5.41) is 1.08. The lowest BCUT2D eigenvalue weighted by Gasteiger charge is -2.17. The zero-order chi connectivity index (χ0) is 18.1. The molecule has 0 saturated carbocycles. The molecule has 0 fully saturated rings. The molecule has 1 aliphatic rings. The standard InChI is InChI=1S/C21H34BrNO2/c1-3-4-5-7-14-19-20(21(24)25-2)17-12-8-9-13-18(17)23(19)16-11-6-10-15-22/h3-16H2,1-2H3. The first kappa shape index (κ1) is 20.5. The number of methoxy groups -OCH3 is 1. The molecule has 0 amide bonds. The molecule has 0 bridgehead atoms. The van der Waals surface area contributed by atoms with Crippen LogP contribution in [0.2, 0.25) is 0 Å². The van der Waals surface area contributed by atoms with Crippen LogP contribution in [0.5, 0.6) is 0 Å². The molecule has 2 rings (SSSR count). The third-order valence-electron chi connectivity index (χ3n) is 5.35. The summed E-state index contributed by atoms with van der Waals surface area (Å²) in [6.45, 7) is 3.29. The Bertz CT molecular complexity index is 551. The smallest absolute Gasteiger partial charge is 0.339 e. The van der Waals surface area contributed by atoms with Crippen molar-refractivity contribution in [3.8, 4) is 0 Å². The van der Waals surface area contributed by atoms with E-state index in [2.05, 4.69) is 27.4 Å². The molecule has 25 heavy (non-hydrogen) atoms. The number of alkyl halides is 1. The van der Waals surface area contributed by atoms with Crippen LogP contribution >= 0.6 is 15.9 Å². The fraction of sp³-hybridized carbons (Fsp3) is 0.762. The molecule has 0 spiro atoms. The highest BCUT2D eigenvalue weighted by atomic mass is 79.9. The van der Waals surface area contributed by atoms with Crippen molar-refractivity contribution < 1.29 is 9.53 Å². The van der Waals surface area contributed by atoms with E-state index < -0.39 is 0 Å². The van der Waals surface area contributed by atoms with Gasteiger partial charge in [-0.25, -0.2) is 4.79 Å². The van der Waals surface area contributed by atoms with Crippen LogP contribution in [-0.2, 0) is 30.5 Å². The van der Waals surface area contributed by atoms with E-state index in [1.54, 1.807) is 0 Å². The number of carbonyl (C=O) groups is 1. The molecule has 1 aliphatic carbocycles. The Balaban J connectivity index is 2.28. The van der Waals surface area contributed by atoms with Crippen molar-refractivity contribution in [2.45, 2.75) is 90.5 Å². The topological polar surface area (TPSA) is 31.2 Å². The van der Waals surface area contributed by atoms with E-state index in [9.17, 15) is 4.79 Å². The van der Waals surface area contributed by atoms with Gasteiger partial charge in [-0.1, -0.05) is 48.5 Å². The number of rotatable bonds is 11. The molecule has 0 radical (unpaired) electrons. The van der Waals surface area contributed by atoms with Gasteiger partial charge in [0.2, 0.25) is 0 Å². The Hall–Kier alpha value is -0.770. The van der Waals surface area contributed by atoms with E-state index in [1.165, 1.54) is 81.8 Å². The van der Waals surface area contributed by atoms with E-state index in [0.717, 1.165) is 36.7 Å². The summed E-state index contributed by atoms with van der Waals surface area (Å²) < 4.78 is 7.67. The van der Waals surface area contributed by atoms with Crippen molar-refractivity contribution >= 4 is 21.9 Å². The molecule has 0 saturated heterocycles. The summed E-state index contributed by atoms with van der Waals surface area (Å²) in [6.07, 6.45) is 14.2. The molecule has 1 aromatic heterocycles. The number of halogens is 1. The molecule has 0 unspecified atom stereocenters. The van der Waals surface area contributed by atoms with Crippen LogP contribution in [0.1, 0.15) is 92.0 Å². The predicted octanol–water partition coefficient (Wildman–Crippen LogP) is 5.84. The number of unbranched alkanes of at least 4 members (excludes halogenated alkanes) is 5. The molecule has 0 atom stereocenters. The molecule has 0 aromatic carbocycles. The van der Waals surface area contributed by atoms with Crippen molar-refractivity contribution in [3.05, 3.63) is 22.5 Å². The number of fused-ring (bicyclic) bond motifs is 1. The van der Waals surface area contributed by atoms with Crippen molar-refractivity contribution in [1.82, 2.24) is 4.57 Å². The van der Waals surface area contributed by atoms with Gasteiger partial charge in [-0.3, -0.25) is 0 Å². The molecular formula is C21H34BrNO2. The molecule has 3 nitrogen and oxygen atoms in total. The lowest BCUT2D eigenvalue weighted by molar-refractivity contribution is 0.0598. The number of carbonyl (C=O) groups excluding carboxylic acids is 1. The average Bonchev–Trinajstić information content (AvgIpc) is 2.95. The van der Waals surface area contributed by atoms with Crippen LogP contribution in [0.15, 0.2) is 0 Å². The highest BCUT2D eigenvalue weighted by Crippen LogP contribution is 2.32. The van der Waals surface area contributed by atoms with Crippen molar-refractivity contribution in [2.75, 3.05) is 12.4 Å². The zero-order valence-corrected chi connectivity index (χ0v) is 17.6. The van der Waals surface area contributed by atoms with Crippen molar-refractivity contribution in [2.24, 2.45) is 0 Å². The Kier molecular flexibility index (Phi) is 9.08. The maximum Gasteiger partial charge on any atom is 0.339 e. The fourth-order valence-electron chi connectivity index (χ4n) is 4.06. The normalized spacial score (nSPS) is 13.7. The third-order valence-corrected chi connectivity index (χ3v) is 5.91. The summed E-state index contributed by atoms with van der Waals surface area (Å²) in [5.41, 5.74) is 4.89. The number of hydrogen-bond acceptors (Lipinski definition) is 2. The van der Waals surface area contributed by atoms with Crippen LogP contribution in [-0.4, -0.2) is 23.0 Å². The molecule has 0 aliphatic heterocycles. The molecule has 4 heteroatoms. The number of hydrogen-bond donors (Lipinski definition) is 0. The van der Waals surface area contributed by atoms with Crippen LogP contribution in [0.3, 0.4) is 0 Å². The summed E-state index contributed by atoms with van der Waals surface area (Å²) in [5.74, 6) is -0.122. The summed E-state index contributed by atoms with van der Waals surface area (Å²) in [6, 6.07) is 0. The minimum atomic E-state index is -0.122. The second kappa shape index (κ2) is 11.1. The van der Waals surface area contributed by atoms with E-state index in [0.29, 0.717) is 0 Å². The predicted molar refractivity (Wildman–Crippen MR) is 108 cm³/mol. The monoisotopic (exact) mass is 411 g/mol. The first-order valence-corrected chi connectivity index (χ1v) is 11.2. The van der Waals surface area contributed by atoms with Crippen LogP contribution < -0.4 is 0 Å². The fourth-order valence-corrected chi connectivity index (χ4v) is 4.46. The summed E-state index contributed by atoms with van der Waals surface area (Å²) in [7, 11) is 1.52. The lowest BCUT2D eigenvalue weighted by Crippen LogP contribution is -2.11. The van der Waals surface area contributed by atoms with E-state index in [-0.39, 0.29) is 5.97 Å². The highest BCUT2D eigenvalue weighted by Gasteiger charge is 2.28. The van der Waals surface area contributed by atoms with Gasteiger partial charge in [-0.15, -0.1) is 0 Å². The van der Waals surface area contributed by atoms with Crippen LogP contribution in [0.4, 0.5) is 0 Å². The molecule has 142 valence electrons. The van der Waals surface area contributed by atoms with Gasteiger partial charge in [0.05, 0.1) is 12.7 Å². The van der Waals surface area contributed by atoms with Gasteiger partial charge in [0.15, 0.2) is 0 Å². The number of aromatic nitrogens is 1. The SMILES string of the molecule is CCCCCCc1c(C(=O)OC)c2c(n1CCCCCBr)CCCC2. The highest BCUT2D eigenvalue weighted by molar-refractivity contribution is 9.09. The maximum absolute atomic E-state index is 12.5. The number of esters is 1. The van der Waals surface area contributed by atoms with Crippen LogP contribution in [0.25, 0.3) is 0 Å². The maximum atomic E-state index is 12.5. The molecule has 0 N–H and O–H groups in total. The van der Waals surface area contributed by atoms with Gasteiger partial charge in [-0.2, -0.15) is 0 Å². The van der Waals surface area contributed by atoms with Gasteiger partial charge in [0.1, 0.15) is 0 Å². The van der Waals surface area contributed by atoms with Gasteiger partial charge in [-0.05, 0) is 56.9 Å². The Morgan fingerprint density at radius 1 is 1.08 bits per heavy atom. The summed E-state index contributed by atoms with van der Waals surface area (Å²) >= 11 is 3.52. The van der Waals surface area contributed by atoms with Gasteiger partial charge >= 0.3 is 5.97 Å². The van der Waals surface area contributed by atoms with Crippen molar-refractivity contribution in [3.63, 3.8) is 0 Å². The Labute approximate surface area is 161 Å². The quantitative estimate of drug-likeness (QED) is 0.260. The largest absolute Gasteiger partial charge is 0.465 e. The zero-order valence-electron chi connectivity index (χ0n) is 16.0. The third kappa shape index (κ3) is 5.35. The van der Waals surface area contributed by atoms with E-state index >= 15 is 0 Å². The van der Waals surface area contributed by atoms with Gasteiger partial charge < -0.3 is 9.30 Å². The molecule has 1 heterocycles. The number of nitrogens with zero attached hydrogens (tertiary/aromatic N) is 1. The second-order valence-corrected chi connectivity index (χ2v) is 7.95. The summed E-state index contributed by atoms with van der Waals surface area (Å²) in [4.78, 5) is 12.5. The van der Waals surface area contributed by atoms with Crippen LogP contribution in [0, 0.1) is 0 Å². The van der Waals surface area contributed by atoms with Gasteiger partial charge in [0.25, 0.3) is 0 Å². The van der Waals surface area contributed by atoms with Gasteiger partial charge in [0, 0.05) is 23.3 Å². The Morgan fingerprint density at radius 3 is 2.56 bits per heavy atom. The molecule has 1 aromatic rings. The van der Waals surface area contributed by atoms with E-state index in [1.807, 2.05) is 0 Å². The van der Waals surface area contributed by atoms with E-state index in [4.69, 9.17) is 4.74 Å². The first-order chi connectivity index (χ1) is 12.2. The minimum absolute atomic E-state index is 0.122. The first-order valence-electron chi connectivity index (χ1n) is 10.1.